The van der Waals surface area contributed by atoms with E-state index in [9.17, 15) is 8.42 Å². The van der Waals surface area contributed by atoms with Crippen LogP contribution in [0.3, 0.4) is 0 Å². The van der Waals surface area contributed by atoms with Gasteiger partial charge in [0.1, 0.15) is 0 Å². The van der Waals surface area contributed by atoms with Gasteiger partial charge in [-0.25, -0.2) is 13.1 Å². The van der Waals surface area contributed by atoms with Crippen molar-refractivity contribution >= 4 is 21.8 Å². The van der Waals surface area contributed by atoms with Crippen molar-refractivity contribution in [2.24, 2.45) is 7.05 Å². The summed E-state index contributed by atoms with van der Waals surface area (Å²) in [6.07, 6.45) is 4.83. The summed E-state index contributed by atoms with van der Waals surface area (Å²) in [5, 5.41) is 3.45. The van der Waals surface area contributed by atoms with Crippen LogP contribution in [0.5, 0.6) is 0 Å². The summed E-state index contributed by atoms with van der Waals surface area (Å²) >= 11 is 1.86. The van der Waals surface area contributed by atoms with E-state index < -0.39 is 10.0 Å². The van der Waals surface area contributed by atoms with Crippen molar-refractivity contribution in [1.29, 1.82) is 0 Å². The van der Waals surface area contributed by atoms with E-state index in [0.717, 1.165) is 30.7 Å². The third-order valence-corrected chi connectivity index (χ3v) is 6.67. The number of nitrogens with one attached hydrogen (secondary N) is 2. The molecule has 1 aliphatic rings. The largest absolute Gasteiger partial charge is 0.352 e. The van der Waals surface area contributed by atoms with E-state index in [0.29, 0.717) is 16.7 Å². The van der Waals surface area contributed by atoms with Gasteiger partial charge in [-0.2, -0.15) is 11.8 Å². The lowest BCUT2D eigenvalue weighted by atomic mass is 10.3. The van der Waals surface area contributed by atoms with Crippen LogP contribution in [0.2, 0.25) is 0 Å². The van der Waals surface area contributed by atoms with E-state index in [-0.39, 0.29) is 6.04 Å². The molecule has 0 amide bonds. The third kappa shape index (κ3) is 4.03. The molecule has 0 aromatic carbocycles. The fraction of sp³-hybridized carbons (Fsp3) is 0.714. The van der Waals surface area contributed by atoms with Crippen molar-refractivity contribution in [3.63, 3.8) is 0 Å². The number of hydrogen-bond donors (Lipinski definition) is 2. The van der Waals surface area contributed by atoms with Crippen LogP contribution in [0.25, 0.3) is 0 Å². The minimum absolute atomic E-state index is 0.0629. The summed E-state index contributed by atoms with van der Waals surface area (Å²) < 4.78 is 29.9. The first-order valence-corrected chi connectivity index (χ1v) is 9.95. The molecule has 5 nitrogen and oxygen atoms in total. The molecule has 1 aliphatic carbocycles. The van der Waals surface area contributed by atoms with E-state index in [4.69, 9.17) is 0 Å². The average molecular weight is 332 g/mol. The van der Waals surface area contributed by atoms with Crippen LogP contribution in [0.1, 0.15) is 31.9 Å². The van der Waals surface area contributed by atoms with Gasteiger partial charge in [-0.1, -0.05) is 13.3 Å². The first-order valence-electron chi connectivity index (χ1n) is 7.41. The molecular formula is C14H25N3O2S2. The Morgan fingerprint density at radius 1 is 1.43 bits per heavy atom. The summed E-state index contributed by atoms with van der Waals surface area (Å²) in [4.78, 5) is 0.363. The van der Waals surface area contributed by atoms with E-state index >= 15 is 0 Å². The van der Waals surface area contributed by atoms with Crippen LogP contribution in [0, 0.1) is 0 Å². The van der Waals surface area contributed by atoms with Gasteiger partial charge in [-0.15, -0.1) is 0 Å². The quantitative estimate of drug-likeness (QED) is 0.798. The zero-order chi connectivity index (χ0) is 15.5. The smallest absolute Gasteiger partial charge is 0.242 e. The Morgan fingerprint density at radius 3 is 2.86 bits per heavy atom. The predicted molar refractivity (Wildman–Crippen MR) is 88.1 cm³/mol. The van der Waals surface area contributed by atoms with E-state index in [2.05, 4.69) is 17.0 Å². The lowest BCUT2D eigenvalue weighted by molar-refractivity contribution is 0.555. The summed E-state index contributed by atoms with van der Waals surface area (Å²) in [7, 11) is 0.297. The molecule has 2 N–H and O–H groups in total. The van der Waals surface area contributed by atoms with Crippen LogP contribution >= 0.6 is 11.8 Å². The number of rotatable bonds is 7. The zero-order valence-corrected chi connectivity index (χ0v) is 14.6. The topological polar surface area (TPSA) is 63.1 Å². The third-order valence-electron chi connectivity index (χ3n) is 3.89. The molecule has 0 bridgehead atoms. The lowest BCUT2D eigenvalue weighted by Crippen LogP contribution is -2.38. The molecule has 0 aliphatic heterocycles. The fourth-order valence-electron chi connectivity index (χ4n) is 2.82. The molecule has 2 atom stereocenters. The Labute approximate surface area is 131 Å². The minimum atomic E-state index is -3.43. The van der Waals surface area contributed by atoms with Gasteiger partial charge in [0.25, 0.3) is 0 Å². The first kappa shape index (κ1) is 16.9. The number of aromatic nitrogens is 1. The molecule has 2 unspecified atom stereocenters. The number of hydrogen-bond acceptors (Lipinski definition) is 4. The Hall–Kier alpha value is -0.500. The minimum Gasteiger partial charge on any atom is -0.352 e. The highest BCUT2D eigenvalue weighted by atomic mass is 32.2. The SMILES string of the molecule is CCSC1CCCC1NS(=O)(=O)c1cc(CNC)n(C)c1. The maximum absolute atomic E-state index is 12.6. The van der Waals surface area contributed by atoms with Crippen molar-refractivity contribution in [2.75, 3.05) is 12.8 Å². The van der Waals surface area contributed by atoms with Crippen molar-refractivity contribution in [3.05, 3.63) is 18.0 Å². The molecule has 2 rings (SSSR count). The number of aryl methyl sites for hydroxylation is 1. The zero-order valence-electron chi connectivity index (χ0n) is 12.9. The second-order valence-electron chi connectivity index (χ2n) is 5.46. The monoisotopic (exact) mass is 331 g/mol. The Kier molecular flexibility index (Phi) is 5.76. The van der Waals surface area contributed by atoms with Gasteiger partial charge in [0.2, 0.25) is 10.0 Å². The van der Waals surface area contributed by atoms with E-state index in [1.165, 1.54) is 0 Å². The molecule has 21 heavy (non-hydrogen) atoms. The molecule has 0 saturated heterocycles. The number of sulfonamides is 1. The molecule has 0 spiro atoms. The molecular weight excluding hydrogens is 306 g/mol. The van der Waals surface area contributed by atoms with Gasteiger partial charge in [0, 0.05) is 36.8 Å². The number of nitrogens with zero attached hydrogens (tertiary/aromatic N) is 1. The molecule has 0 radical (unpaired) electrons. The van der Waals surface area contributed by atoms with Crippen LogP contribution in [-0.2, 0) is 23.6 Å². The Balaban J connectivity index is 2.12. The summed E-state index contributed by atoms with van der Waals surface area (Å²) in [6.45, 7) is 2.78. The lowest BCUT2D eigenvalue weighted by Gasteiger charge is -2.19. The second-order valence-corrected chi connectivity index (χ2v) is 8.69. The van der Waals surface area contributed by atoms with Crippen molar-refractivity contribution < 1.29 is 8.42 Å². The van der Waals surface area contributed by atoms with Crippen LogP contribution in [-0.4, -0.2) is 37.1 Å². The maximum Gasteiger partial charge on any atom is 0.242 e. The van der Waals surface area contributed by atoms with Gasteiger partial charge >= 0.3 is 0 Å². The molecule has 7 heteroatoms. The molecule has 1 heterocycles. The predicted octanol–water partition coefficient (Wildman–Crippen LogP) is 1.70. The van der Waals surface area contributed by atoms with Crippen LogP contribution in [0.4, 0.5) is 0 Å². The van der Waals surface area contributed by atoms with E-state index in [1.807, 2.05) is 30.4 Å². The molecule has 1 fully saturated rings. The van der Waals surface area contributed by atoms with Crippen molar-refractivity contribution in [2.45, 2.75) is 48.9 Å². The highest BCUT2D eigenvalue weighted by Gasteiger charge is 2.31. The van der Waals surface area contributed by atoms with Crippen molar-refractivity contribution in [1.82, 2.24) is 14.6 Å². The summed E-state index contributed by atoms with van der Waals surface area (Å²) in [5.41, 5.74) is 0.962. The molecule has 1 aromatic rings. The second kappa shape index (κ2) is 7.17. The highest BCUT2D eigenvalue weighted by molar-refractivity contribution is 8.00. The normalized spacial score (nSPS) is 22.8. The van der Waals surface area contributed by atoms with Gasteiger partial charge < -0.3 is 9.88 Å². The standard InChI is InChI=1S/C14H25N3O2S2/c1-4-20-14-7-5-6-13(14)16-21(18,19)12-8-11(9-15-2)17(3)10-12/h8,10,13-16H,4-7,9H2,1-3H3. The maximum atomic E-state index is 12.6. The number of thioether (sulfide) groups is 1. The first-order chi connectivity index (χ1) is 9.97. The van der Waals surface area contributed by atoms with Gasteiger partial charge in [-0.05, 0) is 31.7 Å². The molecule has 120 valence electrons. The molecule has 1 aromatic heterocycles. The summed E-state index contributed by atoms with van der Waals surface area (Å²) in [6, 6.07) is 1.81. The van der Waals surface area contributed by atoms with Crippen molar-refractivity contribution in [3.8, 4) is 0 Å². The Morgan fingerprint density at radius 2 is 2.19 bits per heavy atom. The average Bonchev–Trinajstić information content (AvgIpc) is 2.99. The molecule has 1 saturated carbocycles. The van der Waals surface area contributed by atoms with Crippen LogP contribution in [0.15, 0.2) is 17.2 Å². The van der Waals surface area contributed by atoms with E-state index in [1.54, 1.807) is 12.3 Å². The Bertz CT molecular complexity index is 569. The fourth-order valence-corrected chi connectivity index (χ4v) is 5.51. The highest BCUT2D eigenvalue weighted by Crippen LogP contribution is 2.31. The van der Waals surface area contributed by atoms with Gasteiger partial charge in [0.05, 0.1) is 4.90 Å². The summed E-state index contributed by atoms with van der Waals surface area (Å²) in [5.74, 6) is 1.03. The van der Waals surface area contributed by atoms with Gasteiger partial charge in [-0.3, -0.25) is 0 Å². The van der Waals surface area contributed by atoms with Gasteiger partial charge in [0.15, 0.2) is 0 Å². The van der Waals surface area contributed by atoms with Crippen LogP contribution < -0.4 is 10.0 Å².